The van der Waals surface area contributed by atoms with E-state index in [9.17, 15) is 8.42 Å². The van der Waals surface area contributed by atoms with Crippen LogP contribution in [-0.2, 0) is 9.84 Å². The van der Waals surface area contributed by atoms with E-state index in [2.05, 4.69) is 0 Å². The van der Waals surface area contributed by atoms with Crippen LogP contribution in [-0.4, -0.2) is 39.2 Å². The summed E-state index contributed by atoms with van der Waals surface area (Å²) < 4.78 is 39.5. The average Bonchev–Trinajstić information content (AvgIpc) is 2.47. The van der Waals surface area contributed by atoms with E-state index in [1.807, 2.05) is 17.9 Å². The molecule has 0 bridgehead atoms. The normalized spacial score (nSPS) is 23.8. The topological polar surface area (TPSA) is 37.4 Å². The van der Waals surface area contributed by atoms with E-state index >= 15 is 0 Å². The third kappa shape index (κ3) is 3.80. The Bertz CT molecular complexity index is 601. The van der Waals surface area contributed by atoms with Gasteiger partial charge in [-0.2, -0.15) is 0 Å². The van der Waals surface area contributed by atoms with Gasteiger partial charge in [0.1, 0.15) is 0 Å². The second-order valence-electron chi connectivity index (χ2n) is 5.14. The Morgan fingerprint density at radius 2 is 2.26 bits per heavy atom. The highest BCUT2D eigenvalue weighted by Crippen LogP contribution is 2.28. The van der Waals surface area contributed by atoms with Crippen LogP contribution in [0.25, 0.3) is 0 Å². The lowest BCUT2D eigenvalue weighted by atomic mass is 9.90. The smallest absolute Gasteiger partial charge is 0.175 e. The molecule has 2 rings (SSSR count). The van der Waals surface area contributed by atoms with Crippen molar-refractivity contribution in [3.63, 3.8) is 0 Å². The molecule has 0 amide bonds. The molecule has 0 spiro atoms. The van der Waals surface area contributed by atoms with Gasteiger partial charge in [0.15, 0.2) is 9.84 Å². The van der Waals surface area contributed by atoms with Crippen LogP contribution in [0.5, 0.6) is 0 Å². The minimum atomic E-state index is -3.20. The maximum Gasteiger partial charge on any atom is 0.175 e. The van der Waals surface area contributed by atoms with Gasteiger partial charge >= 0.3 is 0 Å². The molecule has 106 valence electrons. The summed E-state index contributed by atoms with van der Waals surface area (Å²) in [5, 5.41) is 0. The zero-order chi connectivity index (χ0) is 15.7. The summed E-state index contributed by atoms with van der Waals surface area (Å²) in [7, 11) is -3.20. The van der Waals surface area contributed by atoms with Crippen molar-refractivity contribution in [1.82, 2.24) is 4.90 Å². The summed E-state index contributed by atoms with van der Waals surface area (Å²) >= 11 is 0. The fourth-order valence-corrected chi connectivity index (χ4v) is 3.29. The summed E-state index contributed by atoms with van der Waals surface area (Å²) in [4.78, 5) is 2.23. The zero-order valence-electron chi connectivity index (χ0n) is 13.6. The number of sulfone groups is 1. The lowest BCUT2D eigenvalue weighted by Crippen LogP contribution is -2.34. The molecule has 0 saturated carbocycles. The number of hydrogen-bond donors (Lipinski definition) is 0. The van der Waals surface area contributed by atoms with Crippen LogP contribution in [0.15, 0.2) is 29.2 Å². The lowest BCUT2D eigenvalue weighted by Gasteiger charge is -2.32. The van der Waals surface area contributed by atoms with Crippen molar-refractivity contribution in [2.24, 2.45) is 0 Å². The van der Waals surface area contributed by atoms with Crippen molar-refractivity contribution < 1.29 is 11.2 Å². The summed E-state index contributed by atoms with van der Waals surface area (Å²) in [6.45, 7) is 1.98. The monoisotopic (exact) mass is 283 g/mol. The molecule has 0 aromatic heterocycles. The SMILES string of the molecule is [2H]C([2H])(CC)N1CCC[C@@H](c2cccc(S(C)(=O)=O)c2)C1. The lowest BCUT2D eigenvalue weighted by molar-refractivity contribution is 0.208. The molecule has 19 heavy (non-hydrogen) atoms. The first-order valence-corrected chi connectivity index (χ1v) is 8.68. The van der Waals surface area contributed by atoms with Gasteiger partial charge in [0, 0.05) is 15.5 Å². The number of likely N-dealkylation sites (tertiary alicyclic amines) is 1. The molecule has 1 aliphatic heterocycles. The van der Waals surface area contributed by atoms with E-state index in [1.165, 1.54) is 6.26 Å². The fourth-order valence-electron chi connectivity index (χ4n) is 2.62. The predicted molar refractivity (Wildman–Crippen MR) is 78.3 cm³/mol. The first-order chi connectivity index (χ1) is 9.74. The molecule has 1 aliphatic rings. The Morgan fingerprint density at radius 3 is 2.95 bits per heavy atom. The number of hydrogen-bond acceptors (Lipinski definition) is 3. The Kier molecular flexibility index (Phi) is 3.80. The van der Waals surface area contributed by atoms with E-state index < -0.39 is 16.3 Å². The molecule has 0 N–H and O–H groups in total. The minimum absolute atomic E-state index is 0.196. The molecule has 1 aromatic rings. The van der Waals surface area contributed by atoms with E-state index in [-0.39, 0.29) is 5.92 Å². The molecule has 1 saturated heterocycles. The van der Waals surface area contributed by atoms with Gasteiger partial charge < -0.3 is 4.90 Å². The van der Waals surface area contributed by atoms with Crippen molar-refractivity contribution in [3.8, 4) is 0 Å². The van der Waals surface area contributed by atoms with Gasteiger partial charge in [-0.3, -0.25) is 0 Å². The van der Waals surface area contributed by atoms with Gasteiger partial charge in [-0.05, 0) is 55.9 Å². The molecule has 1 atom stereocenters. The molecule has 1 fully saturated rings. The third-order valence-corrected chi connectivity index (χ3v) is 4.67. The van der Waals surface area contributed by atoms with Crippen molar-refractivity contribution in [2.75, 3.05) is 25.8 Å². The molecule has 0 aliphatic carbocycles. The number of piperidine rings is 1. The van der Waals surface area contributed by atoms with Crippen molar-refractivity contribution in [2.45, 2.75) is 37.0 Å². The van der Waals surface area contributed by atoms with Gasteiger partial charge in [-0.25, -0.2) is 8.42 Å². The predicted octanol–water partition coefficient (Wildman–Crippen LogP) is 2.68. The quantitative estimate of drug-likeness (QED) is 0.852. The van der Waals surface area contributed by atoms with E-state index in [0.29, 0.717) is 17.9 Å². The van der Waals surface area contributed by atoms with Gasteiger partial charge in [0.05, 0.1) is 4.90 Å². The van der Waals surface area contributed by atoms with Crippen LogP contribution in [0, 0.1) is 0 Å². The van der Waals surface area contributed by atoms with Crippen LogP contribution < -0.4 is 0 Å². The summed E-state index contributed by atoms with van der Waals surface area (Å²) in [5.41, 5.74) is 0.995. The van der Waals surface area contributed by atoms with Crippen molar-refractivity contribution >= 4 is 9.84 Å². The molecule has 4 heteroatoms. The van der Waals surface area contributed by atoms with E-state index in [4.69, 9.17) is 2.74 Å². The van der Waals surface area contributed by atoms with E-state index in [1.54, 1.807) is 18.2 Å². The van der Waals surface area contributed by atoms with Gasteiger partial charge in [-0.15, -0.1) is 0 Å². The van der Waals surface area contributed by atoms with Gasteiger partial charge in [0.2, 0.25) is 0 Å². The maximum absolute atomic E-state index is 11.7. The van der Waals surface area contributed by atoms with Gasteiger partial charge in [0.25, 0.3) is 0 Å². The largest absolute Gasteiger partial charge is 0.303 e. The first kappa shape index (κ1) is 11.9. The third-order valence-electron chi connectivity index (χ3n) is 3.56. The average molecular weight is 283 g/mol. The Hall–Kier alpha value is -0.870. The zero-order valence-corrected chi connectivity index (χ0v) is 12.4. The van der Waals surface area contributed by atoms with Crippen LogP contribution >= 0.6 is 0 Å². The second kappa shape index (κ2) is 6.06. The van der Waals surface area contributed by atoms with Crippen molar-refractivity contribution in [1.29, 1.82) is 0 Å². The second-order valence-corrected chi connectivity index (χ2v) is 7.16. The Labute approximate surface area is 119 Å². The molecule has 0 radical (unpaired) electrons. The highest BCUT2D eigenvalue weighted by atomic mass is 32.2. The first-order valence-electron chi connectivity index (χ1n) is 7.79. The van der Waals surface area contributed by atoms with Crippen LogP contribution in [0.1, 0.15) is 40.4 Å². The highest BCUT2D eigenvalue weighted by molar-refractivity contribution is 7.90. The summed E-state index contributed by atoms with van der Waals surface area (Å²) in [6, 6.07) is 7.08. The molecule has 3 nitrogen and oxygen atoms in total. The molecule has 1 aromatic carbocycles. The highest BCUT2D eigenvalue weighted by Gasteiger charge is 2.21. The number of nitrogens with zero attached hydrogens (tertiary/aromatic N) is 1. The molecule has 0 unspecified atom stereocenters. The maximum atomic E-state index is 11.7. The minimum Gasteiger partial charge on any atom is -0.303 e. The van der Waals surface area contributed by atoms with Crippen molar-refractivity contribution in [3.05, 3.63) is 29.8 Å². The van der Waals surface area contributed by atoms with Crippen LogP contribution in [0.2, 0.25) is 0 Å². The number of rotatable bonds is 4. The fraction of sp³-hybridized carbons (Fsp3) is 0.600. The Morgan fingerprint density at radius 1 is 1.47 bits per heavy atom. The number of benzene rings is 1. The molecular weight excluding hydrogens is 258 g/mol. The van der Waals surface area contributed by atoms with E-state index in [0.717, 1.165) is 24.9 Å². The summed E-state index contributed by atoms with van der Waals surface area (Å²) in [5.74, 6) is 0.196. The van der Waals surface area contributed by atoms with Crippen LogP contribution in [0.4, 0.5) is 0 Å². The molecular formula is C15H23NO2S. The molecule has 1 heterocycles. The van der Waals surface area contributed by atoms with Gasteiger partial charge in [-0.1, -0.05) is 19.1 Å². The standard InChI is InChI=1S/C15H23NO2S/c1-3-9-16-10-5-7-14(12-16)13-6-4-8-15(11-13)19(2,17)18/h4,6,8,11,14H,3,5,7,9-10,12H2,1-2H3/t14-/m1/s1/i9D2. The Balaban J connectivity index is 2.22. The van der Waals surface area contributed by atoms with Crippen LogP contribution in [0.3, 0.4) is 0 Å². The summed E-state index contributed by atoms with van der Waals surface area (Å²) in [6.07, 6.45) is 3.59.